The topological polar surface area (TPSA) is 94.8 Å². The van der Waals surface area contributed by atoms with Gasteiger partial charge in [-0.2, -0.15) is 0 Å². The molecule has 3 aliphatic heterocycles. The Bertz CT molecular complexity index is 1330. The van der Waals surface area contributed by atoms with Crippen molar-refractivity contribution in [3.8, 4) is 11.1 Å². The number of quaternary nitrogens is 2. The van der Waals surface area contributed by atoms with Gasteiger partial charge in [-0.3, -0.25) is 9.59 Å². The number of carboxylic acid groups (broad SMARTS) is 2. The van der Waals surface area contributed by atoms with Crippen LogP contribution in [0.4, 0.5) is 0 Å². The van der Waals surface area contributed by atoms with Crippen molar-refractivity contribution >= 4 is 11.9 Å². The smallest absolute Gasteiger partial charge is 0.307 e. The van der Waals surface area contributed by atoms with Crippen LogP contribution in [0.25, 0.3) is 11.1 Å². The Morgan fingerprint density at radius 2 is 1.00 bits per heavy atom. The Kier molecular flexibility index (Phi) is 12.8. The van der Waals surface area contributed by atoms with Crippen molar-refractivity contribution in [1.82, 2.24) is 0 Å². The van der Waals surface area contributed by atoms with Gasteiger partial charge in [0, 0.05) is 6.42 Å². The Morgan fingerprint density at radius 1 is 0.591 bits per heavy atom. The maximum atomic E-state index is 12.1. The lowest BCUT2D eigenvalue weighted by Crippen LogP contribution is -3.00. The largest absolute Gasteiger partial charge is 1.00 e. The van der Waals surface area contributed by atoms with Gasteiger partial charge in [-0.25, -0.2) is 0 Å². The number of benzene rings is 3. The van der Waals surface area contributed by atoms with Crippen LogP contribution in [-0.4, -0.2) is 95.2 Å². The molecule has 3 heterocycles. The number of aliphatic hydroxyl groups is 1. The van der Waals surface area contributed by atoms with Crippen LogP contribution in [0.3, 0.4) is 0 Å². The van der Waals surface area contributed by atoms with Crippen LogP contribution < -0.4 is 24.8 Å². The number of fused-ring (bicyclic) bond motifs is 3. The zero-order valence-electron chi connectivity index (χ0n) is 25.2. The molecule has 238 valence electrons. The van der Waals surface area contributed by atoms with E-state index in [0.29, 0.717) is 6.61 Å². The van der Waals surface area contributed by atoms with Crippen LogP contribution in [0.1, 0.15) is 23.1 Å². The van der Waals surface area contributed by atoms with Gasteiger partial charge in [0.2, 0.25) is 0 Å². The molecule has 3 aliphatic rings. The van der Waals surface area contributed by atoms with E-state index in [4.69, 9.17) is 0 Å². The second-order valence-corrected chi connectivity index (χ2v) is 12.5. The van der Waals surface area contributed by atoms with E-state index in [-0.39, 0.29) is 37.7 Å². The Labute approximate surface area is 273 Å². The SMILES string of the molecule is O=C(O)[C@@H](Cc1ccccc1)[C@H](Cc1ccc(-c2ccc(CCC[N+]34CC[N+](CCO)(CC3)CC4)cc2)cc1)C(=O)O.[Cl-].[Cl-]. The lowest BCUT2D eigenvalue weighted by atomic mass is 9.82. The predicted octanol–water partition coefficient (Wildman–Crippen LogP) is -1.87. The van der Waals surface area contributed by atoms with Crippen LogP contribution in [-0.2, 0) is 28.9 Å². The van der Waals surface area contributed by atoms with Gasteiger partial charge in [0.1, 0.15) is 45.8 Å². The van der Waals surface area contributed by atoms with E-state index in [9.17, 15) is 24.9 Å². The summed E-state index contributed by atoms with van der Waals surface area (Å²) in [6.07, 6.45) is 2.60. The van der Waals surface area contributed by atoms with E-state index >= 15 is 0 Å². The fraction of sp³-hybridized carbons (Fsp3) is 0.429. The summed E-state index contributed by atoms with van der Waals surface area (Å²) in [6.45, 7) is 9.79. The van der Waals surface area contributed by atoms with Crippen molar-refractivity contribution in [1.29, 1.82) is 0 Å². The predicted molar refractivity (Wildman–Crippen MR) is 163 cm³/mol. The van der Waals surface area contributed by atoms with Gasteiger partial charge in [-0.15, -0.1) is 0 Å². The number of hydrogen-bond acceptors (Lipinski definition) is 3. The average molecular weight is 644 g/mol. The first-order chi connectivity index (χ1) is 20.3. The first-order valence-corrected chi connectivity index (χ1v) is 15.3. The average Bonchev–Trinajstić information content (AvgIpc) is 3.01. The molecule has 44 heavy (non-hydrogen) atoms. The fourth-order valence-corrected chi connectivity index (χ4v) is 7.07. The highest BCUT2D eigenvalue weighted by Gasteiger charge is 2.48. The summed E-state index contributed by atoms with van der Waals surface area (Å²) in [7, 11) is 0. The van der Waals surface area contributed by atoms with Gasteiger partial charge in [0.15, 0.2) is 0 Å². The third-order valence-electron chi connectivity index (χ3n) is 9.93. The van der Waals surface area contributed by atoms with Crippen LogP contribution in [0, 0.1) is 11.8 Å². The van der Waals surface area contributed by atoms with Gasteiger partial charge in [-0.05, 0) is 47.1 Å². The van der Waals surface area contributed by atoms with Crippen molar-refractivity contribution in [2.75, 3.05) is 59.0 Å². The van der Waals surface area contributed by atoms with E-state index in [2.05, 4.69) is 24.3 Å². The molecule has 6 rings (SSSR count). The summed E-state index contributed by atoms with van der Waals surface area (Å²) in [5, 5.41) is 29.2. The number of carboxylic acids is 2. The van der Waals surface area contributed by atoms with E-state index in [0.717, 1.165) is 39.7 Å². The number of aryl methyl sites for hydroxylation is 1. The molecular formula is C35H44Cl2N2O5. The molecule has 3 aromatic rings. The quantitative estimate of drug-likeness (QED) is 0.179. The molecule has 3 fully saturated rings. The van der Waals surface area contributed by atoms with Gasteiger partial charge in [0.25, 0.3) is 0 Å². The Morgan fingerprint density at radius 3 is 1.43 bits per heavy atom. The first-order valence-electron chi connectivity index (χ1n) is 15.3. The maximum absolute atomic E-state index is 12.1. The van der Waals surface area contributed by atoms with Crippen LogP contribution in [0.2, 0.25) is 0 Å². The van der Waals surface area contributed by atoms with E-state index in [1.165, 1.54) is 62.3 Å². The summed E-state index contributed by atoms with van der Waals surface area (Å²) < 4.78 is 2.37. The summed E-state index contributed by atoms with van der Waals surface area (Å²) in [4.78, 5) is 24.2. The number of carbonyl (C=O) groups is 2. The number of rotatable bonds is 14. The highest BCUT2D eigenvalue weighted by molar-refractivity contribution is 5.80. The molecule has 0 spiro atoms. The normalized spacial score (nSPS) is 21.8. The lowest BCUT2D eigenvalue weighted by Gasteiger charge is -2.55. The number of piperazine rings is 3. The molecule has 9 heteroatoms. The van der Waals surface area contributed by atoms with Crippen LogP contribution in [0.15, 0.2) is 78.9 Å². The minimum absolute atomic E-state index is 0. The van der Waals surface area contributed by atoms with Gasteiger partial charge in [-0.1, -0.05) is 78.9 Å². The molecule has 0 aromatic heterocycles. The molecule has 2 bridgehead atoms. The molecule has 2 atom stereocenters. The molecule has 3 N–H and O–H groups in total. The summed E-state index contributed by atoms with van der Waals surface area (Å²) in [5.41, 5.74) is 5.15. The molecule has 0 radical (unpaired) electrons. The van der Waals surface area contributed by atoms with Gasteiger partial charge in [0.05, 0.1) is 25.0 Å². The third-order valence-corrected chi connectivity index (χ3v) is 9.93. The minimum atomic E-state index is -1.09. The van der Waals surface area contributed by atoms with E-state index in [1.54, 1.807) is 0 Å². The molecule has 7 nitrogen and oxygen atoms in total. The zero-order chi connectivity index (χ0) is 29.6. The standard InChI is InChI=1S/C35H42N2O5.2ClH/c38-24-23-37-20-17-36(18-21-37,19-22-37)16-4-7-27-8-12-30(13-9-27)31-14-10-29(11-15-31)26-33(35(41)42)32(34(39)40)25-28-5-2-1-3-6-28;;/h1-3,5-6,8-15,32-33,38H,4,7,16-26H2;2*1H/t32-,33-,36?,37?;;/m0../s1. The van der Waals surface area contributed by atoms with E-state index in [1.807, 2.05) is 54.6 Å². The highest BCUT2D eigenvalue weighted by Crippen LogP contribution is 2.28. The maximum Gasteiger partial charge on any atom is 0.307 e. The van der Waals surface area contributed by atoms with Crippen molar-refractivity contribution in [2.24, 2.45) is 11.8 Å². The first kappa shape index (κ1) is 35.5. The fourth-order valence-electron chi connectivity index (χ4n) is 7.07. The second-order valence-electron chi connectivity index (χ2n) is 12.5. The van der Waals surface area contributed by atoms with E-state index < -0.39 is 23.8 Å². The summed E-state index contributed by atoms with van der Waals surface area (Å²) >= 11 is 0. The zero-order valence-corrected chi connectivity index (χ0v) is 26.7. The molecule has 0 amide bonds. The molecule has 3 saturated heterocycles. The monoisotopic (exact) mass is 642 g/mol. The molecule has 0 unspecified atom stereocenters. The third kappa shape index (κ3) is 8.61. The molecule has 3 aromatic carbocycles. The highest BCUT2D eigenvalue weighted by atomic mass is 35.5. The molecule has 0 saturated carbocycles. The van der Waals surface area contributed by atoms with Crippen molar-refractivity contribution < 1.29 is 58.7 Å². The van der Waals surface area contributed by atoms with Crippen LogP contribution >= 0.6 is 0 Å². The van der Waals surface area contributed by atoms with Gasteiger partial charge < -0.3 is 49.1 Å². The molecular weight excluding hydrogens is 599 g/mol. The lowest BCUT2D eigenvalue weighted by molar-refractivity contribution is -1.08. The van der Waals surface area contributed by atoms with Crippen LogP contribution in [0.5, 0.6) is 0 Å². The summed E-state index contributed by atoms with van der Waals surface area (Å²) in [6, 6.07) is 25.8. The van der Waals surface area contributed by atoms with Crippen molar-refractivity contribution in [2.45, 2.75) is 25.7 Å². The number of aliphatic hydroxyl groups excluding tert-OH is 1. The number of aliphatic carboxylic acids is 2. The number of halogens is 2. The number of nitrogens with zero attached hydrogens (tertiary/aromatic N) is 2. The van der Waals surface area contributed by atoms with Gasteiger partial charge >= 0.3 is 11.9 Å². The second kappa shape index (κ2) is 15.9. The molecule has 0 aliphatic carbocycles. The number of hydrogen-bond donors (Lipinski definition) is 3. The Hall–Kier alpha value is -2.94. The minimum Gasteiger partial charge on any atom is -1.00 e. The van der Waals surface area contributed by atoms with Crippen molar-refractivity contribution in [3.05, 3.63) is 95.6 Å². The Balaban J connectivity index is 0.00000264. The summed E-state index contributed by atoms with van der Waals surface area (Å²) in [5.74, 6) is -4.20. The van der Waals surface area contributed by atoms with Crippen molar-refractivity contribution in [3.63, 3.8) is 0 Å².